The van der Waals surface area contributed by atoms with Crippen LogP contribution in [0, 0.1) is 0 Å². The highest BCUT2D eigenvalue weighted by Gasteiger charge is 2.65. The molecular weight excluding hydrogens is 252 g/mol. The fraction of sp³-hybridized carbons (Fsp3) is 0.235. The summed E-state index contributed by atoms with van der Waals surface area (Å²) in [6, 6.07) is 15.5. The molecule has 1 saturated heterocycles. The molecule has 0 radical (unpaired) electrons. The third-order valence-corrected chi connectivity index (χ3v) is 4.21. The minimum Gasteiger partial charge on any atom is -0.497 e. The van der Waals surface area contributed by atoms with Gasteiger partial charge < -0.3 is 9.47 Å². The lowest BCUT2D eigenvalue weighted by Gasteiger charge is -2.03. The number of methoxy groups -OCH3 is 1. The highest BCUT2D eigenvalue weighted by Crippen LogP contribution is 2.56. The molecular formula is C17H14O3. The third-order valence-electron chi connectivity index (χ3n) is 4.21. The van der Waals surface area contributed by atoms with Crippen LogP contribution in [0.1, 0.15) is 27.6 Å². The highest BCUT2D eigenvalue weighted by molar-refractivity contribution is 6.09. The van der Waals surface area contributed by atoms with Gasteiger partial charge in [0.25, 0.3) is 0 Å². The van der Waals surface area contributed by atoms with E-state index >= 15 is 0 Å². The van der Waals surface area contributed by atoms with Crippen molar-refractivity contribution in [3.8, 4) is 5.75 Å². The zero-order chi connectivity index (χ0) is 13.7. The van der Waals surface area contributed by atoms with E-state index in [1.54, 1.807) is 7.11 Å². The summed E-state index contributed by atoms with van der Waals surface area (Å²) in [6.07, 6.45) is 0.548. The first-order chi connectivity index (χ1) is 9.74. The smallest absolute Gasteiger partial charge is 0.198 e. The van der Waals surface area contributed by atoms with Crippen LogP contribution in [-0.4, -0.2) is 18.5 Å². The van der Waals surface area contributed by atoms with Crippen LogP contribution in [0.2, 0.25) is 0 Å². The summed E-state index contributed by atoms with van der Waals surface area (Å²) in [5.41, 5.74) is 2.28. The van der Waals surface area contributed by atoms with Crippen molar-refractivity contribution >= 4 is 5.78 Å². The fourth-order valence-corrected chi connectivity index (χ4v) is 3.09. The van der Waals surface area contributed by atoms with Crippen molar-refractivity contribution < 1.29 is 14.3 Å². The molecule has 3 nitrogen and oxygen atoms in total. The summed E-state index contributed by atoms with van der Waals surface area (Å²) in [6.45, 7) is 0. The third kappa shape index (κ3) is 1.47. The van der Waals surface area contributed by atoms with Gasteiger partial charge in [-0.1, -0.05) is 36.4 Å². The maximum absolute atomic E-state index is 12.5. The number of ether oxygens (including phenoxy) is 2. The summed E-state index contributed by atoms with van der Waals surface area (Å²) in [5.74, 6) is 0.929. The number of ketones is 1. The lowest BCUT2D eigenvalue weighted by Crippen LogP contribution is -2.20. The molecule has 1 spiro atoms. The molecule has 0 saturated carbocycles. The molecule has 1 aliphatic heterocycles. The Balaban J connectivity index is 1.65. The molecule has 1 aliphatic carbocycles. The molecule has 2 aliphatic rings. The first-order valence-corrected chi connectivity index (χ1v) is 6.69. The molecule has 3 heteroatoms. The molecule has 4 rings (SSSR count). The van der Waals surface area contributed by atoms with Gasteiger partial charge in [-0.05, 0) is 23.3 Å². The topological polar surface area (TPSA) is 38.8 Å². The number of Topliss-reactive ketones (excluding diaryl/α,β-unsaturated/α-hetero) is 1. The molecule has 0 N–H and O–H groups in total. The number of hydrogen-bond donors (Lipinski definition) is 0. The number of fused-ring (bicyclic) bond motifs is 1. The van der Waals surface area contributed by atoms with E-state index in [0.717, 1.165) is 22.4 Å². The van der Waals surface area contributed by atoms with Crippen molar-refractivity contribution in [1.29, 1.82) is 0 Å². The molecule has 100 valence electrons. The lowest BCUT2D eigenvalue weighted by atomic mass is 9.95. The van der Waals surface area contributed by atoms with E-state index in [1.165, 1.54) is 0 Å². The van der Waals surface area contributed by atoms with Crippen LogP contribution < -0.4 is 4.74 Å². The van der Waals surface area contributed by atoms with E-state index in [1.807, 2.05) is 48.5 Å². The van der Waals surface area contributed by atoms with Gasteiger partial charge in [-0.3, -0.25) is 4.79 Å². The van der Waals surface area contributed by atoms with Gasteiger partial charge in [0.15, 0.2) is 11.4 Å². The Bertz CT molecular complexity index is 690. The number of rotatable bonds is 2. The Morgan fingerprint density at radius 3 is 2.60 bits per heavy atom. The molecule has 20 heavy (non-hydrogen) atoms. The average molecular weight is 266 g/mol. The van der Waals surface area contributed by atoms with Crippen LogP contribution in [0.3, 0.4) is 0 Å². The number of carbonyl (C=O) groups is 1. The molecule has 1 fully saturated rings. The summed E-state index contributed by atoms with van der Waals surface area (Å²) < 4.78 is 11.0. The van der Waals surface area contributed by atoms with Crippen LogP contribution in [0.5, 0.6) is 5.75 Å². The summed E-state index contributed by atoms with van der Waals surface area (Å²) in [5, 5.41) is 0. The van der Waals surface area contributed by atoms with Crippen LogP contribution >= 0.6 is 0 Å². The maximum Gasteiger partial charge on any atom is 0.198 e. The van der Waals surface area contributed by atoms with Crippen molar-refractivity contribution in [3.63, 3.8) is 0 Å². The van der Waals surface area contributed by atoms with E-state index in [0.29, 0.717) is 6.42 Å². The Morgan fingerprint density at radius 1 is 1.15 bits per heavy atom. The monoisotopic (exact) mass is 266 g/mol. The Labute approximate surface area is 117 Å². The zero-order valence-corrected chi connectivity index (χ0v) is 11.1. The average Bonchev–Trinajstić information content (AvgIpc) is 3.15. The predicted octanol–water partition coefficient (Wildman–Crippen LogP) is 2.94. The van der Waals surface area contributed by atoms with Crippen molar-refractivity contribution in [3.05, 3.63) is 65.2 Å². The van der Waals surface area contributed by atoms with Gasteiger partial charge in [-0.15, -0.1) is 0 Å². The maximum atomic E-state index is 12.5. The molecule has 2 aromatic carbocycles. The second-order valence-corrected chi connectivity index (χ2v) is 5.32. The van der Waals surface area contributed by atoms with E-state index in [9.17, 15) is 4.79 Å². The van der Waals surface area contributed by atoms with Crippen LogP contribution in [0.25, 0.3) is 0 Å². The minimum atomic E-state index is -0.654. The van der Waals surface area contributed by atoms with Crippen molar-refractivity contribution in [2.75, 3.05) is 7.11 Å². The number of epoxide rings is 1. The largest absolute Gasteiger partial charge is 0.497 e. The van der Waals surface area contributed by atoms with Gasteiger partial charge in [-0.2, -0.15) is 0 Å². The SMILES string of the molecule is COc1ccc([C@H]2O[C@]23Cc2ccccc2C3=O)cc1. The summed E-state index contributed by atoms with van der Waals surface area (Å²) in [7, 11) is 1.64. The van der Waals surface area contributed by atoms with Gasteiger partial charge in [0.05, 0.1) is 7.11 Å². The molecule has 0 aromatic heterocycles. The molecule has 0 unspecified atom stereocenters. The number of benzene rings is 2. The first kappa shape index (κ1) is 11.7. The molecule has 0 amide bonds. The zero-order valence-electron chi connectivity index (χ0n) is 11.1. The molecule has 0 bridgehead atoms. The van der Waals surface area contributed by atoms with Crippen molar-refractivity contribution in [1.82, 2.24) is 0 Å². The van der Waals surface area contributed by atoms with Crippen LogP contribution in [0.4, 0.5) is 0 Å². The number of carbonyl (C=O) groups excluding carboxylic acids is 1. The Morgan fingerprint density at radius 2 is 1.90 bits per heavy atom. The lowest BCUT2D eigenvalue weighted by molar-refractivity contribution is 0.0894. The van der Waals surface area contributed by atoms with E-state index < -0.39 is 5.60 Å². The van der Waals surface area contributed by atoms with Crippen molar-refractivity contribution in [2.45, 2.75) is 18.1 Å². The van der Waals surface area contributed by atoms with Crippen molar-refractivity contribution in [2.24, 2.45) is 0 Å². The molecule has 2 atom stereocenters. The Hall–Kier alpha value is -2.13. The first-order valence-electron chi connectivity index (χ1n) is 6.69. The highest BCUT2D eigenvalue weighted by atomic mass is 16.6. The van der Waals surface area contributed by atoms with Gasteiger partial charge in [-0.25, -0.2) is 0 Å². The van der Waals surface area contributed by atoms with Gasteiger partial charge in [0, 0.05) is 12.0 Å². The summed E-state index contributed by atoms with van der Waals surface area (Å²) >= 11 is 0. The Kier molecular flexibility index (Phi) is 2.30. The fourth-order valence-electron chi connectivity index (χ4n) is 3.09. The van der Waals surface area contributed by atoms with Crippen LogP contribution in [0.15, 0.2) is 48.5 Å². The predicted molar refractivity (Wildman–Crippen MR) is 74.0 cm³/mol. The second kappa shape index (κ2) is 3.93. The normalized spacial score (nSPS) is 26.6. The van der Waals surface area contributed by atoms with Gasteiger partial charge in [0.2, 0.25) is 0 Å². The quantitative estimate of drug-likeness (QED) is 0.784. The van der Waals surface area contributed by atoms with E-state index in [-0.39, 0.29) is 11.9 Å². The molecule has 2 aromatic rings. The van der Waals surface area contributed by atoms with Crippen LogP contribution in [-0.2, 0) is 11.2 Å². The van der Waals surface area contributed by atoms with E-state index in [4.69, 9.17) is 9.47 Å². The second-order valence-electron chi connectivity index (χ2n) is 5.32. The van der Waals surface area contributed by atoms with Gasteiger partial charge >= 0.3 is 0 Å². The molecule has 1 heterocycles. The number of hydrogen-bond acceptors (Lipinski definition) is 3. The van der Waals surface area contributed by atoms with E-state index in [2.05, 4.69) is 0 Å². The van der Waals surface area contributed by atoms with Gasteiger partial charge in [0.1, 0.15) is 11.9 Å². The standard InChI is InChI=1S/C17H14O3/c1-19-13-8-6-11(7-9-13)16-17(20-16)10-12-4-2-3-5-14(12)15(17)18/h2-9,16H,10H2,1H3/t16-,17+/m1/s1. The summed E-state index contributed by atoms with van der Waals surface area (Å²) in [4.78, 5) is 12.5. The minimum absolute atomic E-state index is 0.119.